The molecule has 2 aromatic rings. The number of aromatic nitrogens is 1. The molecule has 0 spiro atoms. The van der Waals surface area contributed by atoms with Crippen molar-refractivity contribution in [1.82, 2.24) is 14.8 Å². The zero-order valence-corrected chi connectivity index (χ0v) is 14.3. The first-order valence-corrected chi connectivity index (χ1v) is 9.31. The minimum Gasteiger partial charge on any atom is -0.341 e. The standard InChI is InChI=1S/C18H19N3O2S/c1-20(13-6-7-13)17(22)15-10-24-11-21(15)18(23)16-14-5-3-2-4-12(14)8-9-19-16/h2-5,8-9,13,15H,6-7,10-11H2,1H3. The molecule has 4 rings (SSSR count). The van der Waals surface area contributed by atoms with Gasteiger partial charge in [0.15, 0.2) is 0 Å². The lowest BCUT2D eigenvalue weighted by atomic mass is 10.1. The Hall–Kier alpha value is -2.08. The van der Waals surface area contributed by atoms with Gasteiger partial charge in [0.2, 0.25) is 5.91 Å². The molecule has 2 amide bonds. The van der Waals surface area contributed by atoms with E-state index in [2.05, 4.69) is 4.98 Å². The van der Waals surface area contributed by atoms with Crippen LogP contribution in [-0.2, 0) is 4.79 Å². The number of pyridine rings is 1. The van der Waals surface area contributed by atoms with Gasteiger partial charge in [0.1, 0.15) is 11.7 Å². The Kier molecular flexibility index (Phi) is 3.92. The van der Waals surface area contributed by atoms with Gasteiger partial charge in [-0.05, 0) is 24.3 Å². The Labute approximate surface area is 145 Å². The predicted molar refractivity (Wildman–Crippen MR) is 94.8 cm³/mol. The highest BCUT2D eigenvalue weighted by Crippen LogP contribution is 2.30. The number of likely N-dealkylation sites (N-methyl/N-ethyl adjacent to an activating group) is 1. The highest BCUT2D eigenvalue weighted by molar-refractivity contribution is 7.99. The molecule has 1 saturated carbocycles. The van der Waals surface area contributed by atoms with Gasteiger partial charge in [-0.2, -0.15) is 0 Å². The molecule has 0 radical (unpaired) electrons. The van der Waals surface area contributed by atoms with E-state index in [4.69, 9.17) is 0 Å². The normalized spacial score (nSPS) is 20.4. The van der Waals surface area contributed by atoms with Crippen molar-refractivity contribution >= 4 is 34.3 Å². The van der Waals surface area contributed by atoms with Gasteiger partial charge >= 0.3 is 0 Å². The third kappa shape index (κ3) is 2.65. The van der Waals surface area contributed by atoms with Crippen LogP contribution < -0.4 is 0 Å². The summed E-state index contributed by atoms with van der Waals surface area (Å²) >= 11 is 1.63. The zero-order valence-electron chi connectivity index (χ0n) is 13.5. The molecule has 1 aromatic heterocycles. The lowest BCUT2D eigenvalue weighted by molar-refractivity contribution is -0.134. The average Bonchev–Trinajstić information content (AvgIpc) is 3.36. The molecule has 5 nitrogen and oxygen atoms in total. The molecule has 1 aliphatic carbocycles. The maximum atomic E-state index is 13.1. The van der Waals surface area contributed by atoms with Crippen LogP contribution in [0.15, 0.2) is 36.5 Å². The fraction of sp³-hybridized carbons (Fsp3) is 0.389. The first-order valence-electron chi connectivity index (χ1n) is 8.16. The number of carbonyl (C=O) groups is 2. The molecule has 6 heteroatoms. The van der Waals surface area contributed by atoms with Crippen molar-refractivity contribution in [3.63, 3.8) is 0 Å². The summed E-state index contributed by atoms with van der Waals surface area (Å²) in [7, 11) is 1.85. The molecule has 2 fully saturated rings. The molecule has 1 aliphatic heterocycles. The Balaban J connectivity index is 1.64. The Morgan fingerprint density at radius 3 is 2.83 bits per heavy atom. The van der Waals surface area contributed by atoms with E-state index in [-0.39, 0.29) is 17.9 Å². The molecule has 0 N–H and O–H groups in total. The van der Waals surface area contributed by atoms with Crippen molar-refractivity contribution in [2.45, 2.75) is 24.9 Å². The van der Waals surface area contributed by atoms with Gasteiger partial charge in [0.05, 0.1) is 5.88 Å². The summed E-state index contributed by atoms with van der Waals surface area (Å²) in [4.78, 5) is 33.6. The number of benzene rings is 1. The van der Waals surface area contributed by atoms with E-state index >= 15 is 0 Å². The summed E-state index contributed by atoms with van der Waals surface area (Å²) in [5.74, 6) is 1.10. The second-order valence-electron chi connectivity index (χ2n) is 6.35. The number of amides is 2. The maximum Gasteiger partial charge on any atom is 0.274 e. The number of nitrogens with zero attached hydrogens (tertiary/aromatic N) is 3. The molecule has 2 heterocycles. The second kappa shape index (κ2) is 6.09. The van der Waals surface area contributed by atoms with Gasteiger partial charge < -0.3 is 9.80 Å². The molecule has 0 bridgehead atoms. The van der Waals surface area contributed by atoms with Crippen LogP contribution in [-0.4, -0.2) is 57.4 Å². The molecule has 2 aliphatic rings. The maximum absolute atomic E-state index is 13.1. The van der Waals surface area contributed by atoms with Gasteiger partial charge in [-0.1, -0.05) is 24.3 Å². The predicted octanol–water partition coefficient (Wildman–Crippen LogP) is 2.37. The SMILES string of the molecule is CN(C(=O)C1CSCN1C(=O)c1nccc2ccccc12)C1CC1. The van der Waals surface area contributed by atoms with Crippen LogP contribution in [0.1, 0.15) is 23.3 Å². The van der Waals surface area contributed by atoms with E-state index in [9.17, 15) is 9.59 Å². The highest BCUT2D eigenvalue weighted by Gasteiger charge is 2.40. The minimum absolute atomic E-state index is 0.0519. The molecule has 124 valence electrons. The summed E-state index contributed by atoms with van der Waals surface area (Å²) in [5.41, 5.74) is 0.433. The van der Waals surface area contributed by atoms with Crippen molar-refractivity contribution in [1.29, 1.82) is 0 Å². The highest BCUT2D eigenvalue weighted by atomic mass is 32.2. The number of thioether (sulfide) groups is 1. The number of carbonyl (C=O) groups excluding carboxylic acids is 2. The number of rotatable bonds is 3. The van der Waals surface area contributed by atoms with Crippen molar-refractivity contribution in [2.24, 2.45) is 0 Å². The van der Waals surface area contributed by atoms with E-state index in [1.54, 1.807) is 22.9 Å². The second-order valence-corrected chi connectivity index (χ2v) is 7.35. The Morgan fingerprint density at radius 1 is 1.25 bits per heavy atom. The third-order valence-corrected chi connectivity index (χ3v) is 5.76. The zero-order chi connectivity index (χ0) is 16.7. The first-order chi connectivity index (χ1) is 11.7. The van der Waals surface area contributed by atoms with E-state index in [0.717, 1.165) is 23.6 Å². The van der Waals surface area contributed by atoms with Gasteiger partial charge in [0.25, 0.3) is 5.91 Å². The van der Waals surface area contributed by atoms with Crippen LogP contribution in [0.4, 0.5) is 0 Å². The fourth-order valence-corrected chi connectivity index (χ4v) is 4.30. The Bertz CT molecular complexity index is 800. The van der Waals surface area contributed by atoms with E-state index < -0.39 is 0 Å². The molecule has 24 heavy (non-hydrogen) atoms. The lowest BCUT2D eigenvalue weighted by Gasteiger charge is -2.27. The summed E-state index contributed by atoms with van der Waals surface area (Å²) in [6.07, 6.45) is 3.80. The molecule has 1 unspecified atom stereocenters. The summed E-state index contributed by atoms with van der Waals surface area (Å²) in [6, 6.07) is 9.60. The smallest absolute Gasteiger partial charge is 0.274 e. The first kappa shape index (κ1) is 15.4. The largest absolute Gasteiger partial charge is 0.341 e. The Morgan fingerprint density at radius 2 is 2.04 bits per heavy atom. The van der Waals surface area contributed by atoms with Gasteiger partial charge in [-0.15, -0.1) is 11.8 Å². The number of fused-ring (bicyclic) bond motifs is 1. The number of hydrogen-bond donors (Lipinski definition) is 0. The van der Waals surface area contributed by atoms with Crippen LogP contribution in [0.25, 0.3) is 10.8 Å². The molecule has 1 saturated heterocycles. The van der Waals surface area contributed by atoms with Gasteiger partial charge in [0, 0.05) is 30.4 Å². The summed E-state index contributed by atoms with van der Waals surface area (Å²) in [6.45, 7) is 0. The lowest BCUT2D eigenvalue weighted by Crippen LogP contribution is -2.48. The monoisotopic (exact) mass is 341 g/mol. The van der Waals surface area contributed by atoms with Gasteiger partial charge in [-0.3, -0.25) is 14.6 Å². The van der Waals surface area contributed by atoms with Gasteiger partial charge in [-0.25, -0.2) is 0 Å². The van der Waals surface area contributed by atoms with Crippen molar-refractivity contribution < 1.29 is 9.59 Å². The summed E-state index contributed by atoms with van der Waals surface area (Å²) < 4.78 is 0. The molecule has 1 atom stereocenters. The number of hydrogen-bond acceptors (Lipinski definition) is 4. The van der Waals surface area contributed by atoms with Crippen LogP contribution in [0.2, 0.25) is 0 Å². The van der Waals surface area contributed by atoms with Crippen LogP contribution >= 0.6 is 11.8 Å². The van der Waals surface area contributed by atoms with E-state index in [0.29, 0.717) is 23.4 Å². The average molecular weight is 341 g/mol. The minimum atomic E-state index is -0.381. The van der Waals surface area contributed by atoms with Crippen LogP contribution in [0, 0.1) is 0 Å². The summed E-state index contributed by atoms with van der Waals surface area (Å²) in [5, 5.41) is 1.82. The van der Waals surface area contributed by atoms with Crippen LogP contribution in [0.3, 0.4) is 0 Å². The molecular formula is C18H19N3O2S. The quantitative estimate of drug-likeness (QED) is 0.860. The topological polar surface area (TPSA) is 53.5 Å². The molecular weight excluding hydrogens is 322 g/mol. The van der Waals surface area contributed by atoms with Crippen molar-refractivity contribution in [3.05, 3.63) is 42.2 Å². The molecule has 1 aromatic carbocycles. The van der Waals surface area contributed by atoms with E-state index in [1.807, 2.05) is 42.3 Å². The van der Waals surface area contributed by atoms with E-state index in [1.165, 1.54) is 0 Å². The third-order valence-electron chi connectivity index (χ3n) is 4.75. The fourth-order valence-electron chi connectivity index (χ4n) is 3.15. The van der Waals surface area contributed by atoms with Crippen molar-refractivity contribution in [2.75, 3.05) is 18.7 Å². The van der Waals surface area contributed by atoms with Crippen LogP contribution in [0.5, 0.6) is 0 Å². The van der Waals surface area contributed by atoms with Crippen molar-refractivity contribution in [3.8, 4) is 0 Å².